The summed E-state index contributed by atoms with van der Waals surface area (Å²) in [6, 6.07) is 0.0787. The van der Waals surface area contributed by atoms with Gasteiger partial charge in [0.2, 0.25) is 0 Å². The van der Waals surface area contributed by atoms with Crippen LogP contribution in [0.2, 0.25) is 0 Å². The molecule has 5 nitrogen and oxygen atoms in total. The highest BCUT2D eigenvalue weighted by atomic mass is 16.7. The quantitative estimate of drug-likeness (QED) is 0.358. The second-order valence-corrected chi connectivity index (χ2v) is 1.80. The highest BCUT2D eigenvalue weighted by Crippen LogP contribution is 2.00. The van der Waals surface area contributed by atoms with Gasteiger partial charge in [-0.05, 0) is 6.92 Å². The number of rotatable bonds is 0. The summed E-state index contributed by atoms with van der Waals surface area (Å²) < 4.78 is 0. The topological polar surface area (TPSA) is 85.7 Å². The summed E-state index contributed by atoms with van der Waals surface area (Å²) in [6.45, 7) is 1.65. The molecule has 0 saturated carbocycles. The van der Waals surface area contributed by atoms with E-state index in [0.717, 1.165) is 0 Å². The molecule has 0 saturated heterocycles. The lowest BCUT2D eigenvalue weighted by molar-refractivity contribution is 0.131. The first kappa shape index (κ1) is 5.33. The van der Waals surface area contributed by atoms with Gasteiger partial charge in [-0.15, -0.1) is 5.48 Å². The maximum absolute atomic E-state index is 5.36. The largest absolute Gasteiger partial charge is 0.367 e. The van der Waals surface area contributed by atoms with Crippen LogP contribution in [0.25, 0.3) is 0 Å². The minimum absolute atomic E-state index is 0.0787. The molecule has 0 aliphatic carbocycles. The maximum atomic E-state index is 5.36. The molecule has 5 heteroatoms. The number of hydrogen-bond acceptors (Lipinski definition) is 5. The third-order valence-corrected chi connectivity index (χ3v) is 0.705. The Hall–Kier alpha value is -0.810. The van der Waals surface area contributed by atoms with Crippen LogP contribution in [0.5, 0.6) is 0 Å². The molecule has 1 atom stereocenters. The zero-order valence-electron chi connectivity index (χ0n) is 4.51. The van der Waals surface area contributed by atoms with Crippen LogP contribution in [0.1, 0.15) is 6.92 Å². The van der Waals surface area contributed by atoms with E-state index >= 15 is 0 Å². The van der Waals surface area contributed by atoms with Crippen LogP contribution in [-0.4, -0.2) is 11.8 Å². The molecule has 0 aromatic heterocycles. The summed E-state index contributed by atoms with van der Waals surface area (Å²) in [5.74, 6) is -0.843. The summed E-state index contributed by atoms with van der Waals surface area (Å²) in [7, 11) is 0. The monoisotopic (exact) mass is 116 g/mol. The molecule has 1 aliphatic heterocycles. The number of nitrogens with two attached hydrogens (primary N) is 2. The SMILES string of the molecule is CC1(N)N=C(N)ON1. The zero-order chi connectivity index (χ0) is 6.20. The normalized spacial score (nSPS) is 36.5. The molecule has 0 radical (unpaired) electrons. The van der Waals surface area contributed by atoms with Crippen molar-refractivity contribution in [1.82, 2.24) is 5.48 Å². The number of nitrogens with zero attached hydrogens (tertiary/aromatic N) is 1. The van der Waals surface area contributed by atoms with E-state index < -0.39 is 5.79 Å². The molecule has 0 amide bonds. The molecular formula is C3H8N4O. The van der Waals surface area contributed by atoms with Gasteiger partial charge >= 0.3 is 6.02 Å². The molecule has 46 valence electrons. The lowest BCUT2D eigenvalue weighted by atomic mass is 10.5. The Labute approximate surface area is 46.7 Å². The Morgan fingerprint density at radius 1 is 1.88 bits per heavy atom. The van der Waals surface area contributed by atoms with Gasteiger partial charge in [0.25, 0.3) is 0 Å². The summed E-state index contributed by atoms with van der Waals surface area (Å²) in [5, 5.41) is 0. The maximum Gasteiger partial charge on any atom is 0.305 e. The van der Waals surface area contributed by atoms with Crippen LogP contribution in [0.4, 0.5) is 0 Å². The molecule has 0 spiro atoms. The van der Waals surface area contributed by atoms with Crippen molar-refractivity contribution in [2.75, 3.05) is 0 Å². The Bertz CT molecular complexity index is 129. The van der Waals surface area contributed by atoms with Crippen molar-refractivity contribution in [2.45, 2.75) is 12.7 Å². The van der Waals surface area contributed by atoms with Crippen molar-refractivity contribution < 1.29 is 4.84 Å². The van der Waals surface area contributed by atoms with E-state index in [2.05, 4.69) is 15.3 Å². The Balaban J connectivity index is 2.67. The van der Waals surface area contributed by atoms with Crippen molar-refractivity contribution >= 4 is 6.02 Å². The van der Waals surface area contributed by atoms with E-state index in [0.29, 0.717) is 0 Å². The molecule has 0 aromatic carbocycles. The zero-order valence-corrected chi connectivity index (χ0v) is 4.51. The first-order valence-corrected chi connectivity index (χ1v) is 2.18. The van der Waals surface area contributed by atoms with Crippen LogP contribution in [0, 0.1) is 0 Å². The fraction of sp³-hybridized carbons (Fsp3) is 0.667. The number of nitrogens with one attached hydrogen (secondary N) is 1. The van der Waals surface area contributed by atoms with Crippen molar-refractivity contribution in [3.8, 4) is 0 Å². The smallest absolute Gasteiger partial charge is 0.305 e. The van der Waals surface area contributed by atoms with E-state index in [1.807, 2.05) is 0 Å². The van der Waals surface area contributed by atoms with Crippen molar-refractivity contribution in [3.05, 3.63) is 0 Å². The highest BCUT2D eigenvalue weighted by molar-refractivity contribution is 5.72. The molecule has 8 heavy (non-hydrogen) atoms. The highest BCUT2D eigenvalue weighted by Gasteiger charge is 2.24. The van der Waals surface area contributed by atoms with Crippen LogP contribution in [-0.2, 0) is 4.84 Å². The summed E-state index contributed by atoms with van der Waals surface area (Å²) >= 11 is 0. The van der Waals surface area contributed by atoms with Crippen LogP contribution < -0.4 is 16.9 Å². The number of hydrogen-bond donors (Lipinski definition) is 3. The Morgan fingerprint density at radius 3 is 2.62 bits per heavy atom. The van der Waals surface area contributed by atoms with Crippen LogP contribution >= 0.6 is 0 Å². The molecule has 1 heterocycles. The van der Waals surface area contributed by atoms with Gasteiger partial charge in [-0.1, -0.05) is 0 Å². The predicted octanol–water partition coefficient (Wildman–Crippen LogP) is -1.53. The van der Waals surface area contributed by atoms with Gasteiger partial charge in [0.1, 0.15) is 0 Å². The van der Waals surface area contributed by atoms with E-state index in [4.69, 9.17) is 11.5 Å². The summed E-state index contributed by atoms with van der Waals surface area (Å²) in [5.41, 5.74) is 12.9. The lowest BCUT2D eigenvalue weighted by Crippen LogP contribution is -2.44. The second kappa shape index (κ2) is 1.33. The lowest BCUT2D eigenvalue weighted by Gasteiger charge is -2.09. The standard InChI is InChI=1S/C3H8N4O/c1-3(5)6-2(4)8-7-3/h7H,5H2,1H3,(H2,4,6). The van der Waals surface area contributed by atoms with E-state index in [-0.39, 0.29) is 6.02 Å². The van der Waals surface area contributed by atoms with Gasteiger partial charge in [-0.25, -0.2) is 0 Å². The van der Waals surface area contributed by atoms with Crippen molar-refractivity contribution in [3.63, 3.8) is 0 Å². The van der Waals surface area contributed by atoms with Crippen LogP contribution in [0.3, 0.4) is 0 Å². The number of amidine groups is 1. The van der Waals surface area contributed by atoms with Gasteiger partial charge in [-0.2, -0.15) is 4.99 Å². The number of hydroxylamine groups is 1. The van der Waals surface area contributed by atoms with E-state index in [9.17, 15) is 0 Å². The first-order valence-electron chi connectivity index (χ1n) is 2.18. The third kappa shape index (κ3) is 0.877. The molecule has 0 bridgehead atoms. The fourth-order valence-electron chi connectivity index (χ4n) is 0.430. The third-order valence-electron chi connectivity index (χ3n) is 0.705. The average Bonchev–Trinajstić information content (AvgIpc) is 1.82. The predicted molar refractivity (Wildman–Crippen MR) is 28.4 cm³/mol. The fourth-order valence-corrected chi connectivity index (χ4v) is 0.430. The summed E-state index contributed by atoms with van der Waals surface area (Å²) in [6.07, 6.45) is 0. The van der Waals surface area contributed by atoms with Gasteiger partial charge in [0.15, 0.2) is 5.79 Å². The summed E-state index contributed by atoms with van der Waals surface area (Å²) in [4.78, 5) is 8.18. The van der Waals surface area contributed by atoms with Gasteiger partial charge in [0.05, 0.1) is 0 Å². The molecule has 1 unspecified atom stereocenters. The van der Waals surface area contributed by atoms with Gasteiger partial charge < -0.3 is 10.6 Å². The Morgan fingerprint density at radius 2 is 2.50 bits per heavy atom. The molecular weight excluding hydrogens is 108 g/mol. The minimum Gasteiger partial charge on any atom is -0.367 e. The second-order valence-electron chi connectivity index (χ2n) is 1.80. The van der Waals surface area contributed by atoms with Crippen molar-refractivity contribution in [2.24, 2.45) is 16.5 Å². The van der Waals surface area contributed by atoms with Gasteiger partial charge in [-0.3, -0.25) is 5.73 Å². The minimum atomic E-state index is -0.843. The van der Waals surface area contributed by atoms with Crippen LogP contribution in [0.15, 0.2) is 4.99 Å². The molecule has 1 aliphatic rings. The molecule has 5 N–H and O–H groups in total. The first-order chi connectivity index (χ1) is 3.60. The Kier molecular flexibility index (Phi) is 0.887. The van der Waals surface area contributed by atoms with Gasteiger partial charge in [0, 0.05) is 0 Å². The van der Waals surface area contributed by atoms with Crippen molar-refractivity contribution in [1.29, 1.82) is 0 Å². The number of aliphatic imine (C=N–C) groups is 1. The van der Waals surface area contributed by atoms with E-state index in [1.165, 1.54) is 0 Å². The van der Waals surface area contributed by atoms with E-state index in [1.54, 1.807) is 6.92 Å². The molecule has 0 fully saturated rings. The average molecular weight is 116 g/mol. The molecule has 0 aromatic rings. The molecule has 1 rings (SSSR count).